The van der Waals surface area contributed by atoms with Crippen molar-refractivity contribution in [2.75, 3.05) is 5.32 Å². The molecular weight excluding hydrogens is 162 g/mol. The molecule has 1 aromatic heterocycles. The minimum Gasteiger partial charge on any atom is -0.351 e. The summed E-state index contributed by atoms with van der Waals surface area (Å²) in [5.41, 5.74) is 0. The molecular formula is C10H13N3. The second-order valence-corrected chi connectivity index (χ2v) is 3.20. The highest BCUT2D eigenvalue weighted by atomic mass is 15.1. The molecule has 3 nitrogen and oxygen atoms in total. The minimum absolute atomic E-state index is 0.507. The van der Waals surface area contributed by atoms with Crippen molar-refractivity contribution in [1.29, 1.82) is 0 Å². The molecule has 2 rings (SSSR count). The van der Waals surface area contributed by atoms with Crippen LogP contribution in [0.2, 0.25) is 0 Å². The fourth-order valence-electron chi connectivity index (χ4n) is 1.48. The lowest BCUT2D eigenvalue weighted by Crippen LogP contribution is -2.21. The van der Waals surface area contributed by atoms with Gasteiger partial charge in [0.25, 0.3) is 0 Å². The molecule has 0 bridgehead atoms. The quantitative estimate of drug-likeness (QED) is 0.698. The van der Waals surface area contributed by atoms with Gasteiger partial charge >= 0.3 is 0 Å². The number of hydrogen-bond donors (Lipinski definition) is 1. The van der Waals surface area contributed by atoms with Crippen molar-refractivity contribution >= 4 is 5.95 Å². The number of allylic oxidation sites excluding steroid dienone is 1. The van der Waals surface area contributed by atoms with Gasteiger partial charge in [-0.2, -0.15) is 0 Å². The Morgan fingerprint density at radius 3 is 2.77 bits per heavy atom. The lowest BCUT2D eigenvalue weighted by molar-refractivity contribution is 0.639. The Hall–Kier alpha value is -1.38. The molecule has 0 fully saturated rings. The van der Waals surface area contributed by atoms with Gasteiger partial charge in [-0.25, -0.2) is 9.97 Å². The lowest BCUT2D eigenvalue weighted by Gasteiger charge is -2.18. The largest absolute Gasteiger partial charge is 0.351 e. The van der Waals surface area contributed by atoms with Crippen LogP contribution in [-0.4, -0.2) is 16.0 Å². The predicted molar refractivity (Wildman–Crippen MR) is 52.4 cm³/mol. The van der Waals surface area contributed by atoms with Crippen LogP contribution in [0.1, 0.15) is 19.3 Å². The van der Waals surface area contributed by atoms with Gasteiger partial charge in [0.2, 0.25) is 5.95 Å². The number of anilines is 1. The molecule has 0 aliphatic heterocycles. The summed E-state index contributed by atoms with van der Waals surface area (Å²) in [5, 5.41) is 3.31. The Morgan fingerprint density at radius 1 is 1.23 bits per heavy atom. The molecule has 1 aliphatic rings. The molecule has 1 unspecified atom stereocenters. The maximum atomic E-state index is 4.13. The summed E-state index contributed by atoms with van der Waals surface area (Å²) in [7, 11) is 0. The van der Waals surface area contributed by atoms with Crippen LogP contribution in [-0.2, 0) is 0 Å². The summed E-state index contributed by atoms with van der Waals surface area (Å²) < 4.78 is 0. The Kier molecular flexibility index (Phi) is 2.55. The molecule has 1 atom stereocenters. The molecule has 13 heavy (non-hydrogen) atoms. The van der Waals surface area contributed by atoms with Crippen molar-refractivity contribution in [3.05, 3.63) is 30.6 Å². The van der Waals surface area contributed by atoms with Crippen molar-refractivity contribution in [2.45, 2.75) is 25.3 Å². The predicted octanol–water partition coefficient (Wildman–Crippen LogP) is 2.00. The van der Waals surface area contributed by atoms with E-state index < -0.39 is 0 Å². The monoisotopic (exact) mass is 175 g/mol. The van der Waals surface area contributed by atoms with Gasteiger partial charge < -0.3 is 5.32 Å². The van der Waals surface area contributed by atoms with E-state index in [9.17, 15) is 0 Å². The van der Waals surface area contributed by atoms with E-state index >= 15 is 0 Å². The zero-order valence-electron chi connectivity index (χ0n) is 7.48. The van der Waals surface area contributed by atoms with E-state index in [1.807, 2.05) is 6.07 Å². The first-order chi connectivity index (χ1) is 6.45. The van der Waals surface area contributed by atoms with Gasteiger partial charge in [-0.15, -0.1) is 0 Å². The molecule has 0 saturated heterocycles. The molecule has 0 amide bonds. The topological polar surface area (TPSA) is 37.8 Å². The standard InChI is InChI=1S/C10H13N3/c1-2-5-9(6-3-1)13-10-11-7-4-8-12-10/h1-2,4,7-9H,3,5-6H2,(H,11,12,13). The first kappa shape index (κ1) is 8.23. The SMILES string of the molecule is C1=CCC(Nc2ncccn2)CC1. The summed E-state index contributed by atoms with van der Waals surface area (Å²) >= 11 is 0. The molecule has 3 heteroatoms. The molecule has 1 aromatic rings. The molecule has 0 radical (unpaired) electrons. The van der Waals surface area contributed by atoms with Crippen LogP contribution in [0.15, 0.2) is 30.6 Å². The smallest absolute Gasteiger partial charge is 0.222 e. The van der Waals surface area contributed by atoms with Crippen LogP contribution in [0.3, 0.4) is 0 Å². The van der Waals surface area contributed by atoms with Crippen LogP contribution < -0.4 is 5.32 Å². The second kappa shape index (κ2) is 4.03. The Labute approximate surface area is 77.9 Å². The van der Waals surface area contributed by atoms with Crippen molar-refractivity contribution in [3.63, 3.8) is 0 Å². The van der Waals surface area contributed by atoms with E-state index in [1.165, 1.54) is 6.42 Å². The average molecular weight is 175 g/mol. The Balaban J connectivity index is 1.94. The number of aromatic nitrogens is 2. The Morgan fingerprint density at radius 2 is 2.08 bits per heavy atom. The zero-order valence-corrected chi connectivity index (χ0v) is 7.48. The van der Waals surface area contributed by atoms with Gasteiger partial charge in [0.1, 0.15) is 0 Å². The summed E-state index contributed by atoms with van der Waals surface area (Å²) in [4.78, 5) is 8.25. The molecule has 1 N–H and O–H groups in total. The van der Waals surface area contributed by atoms with E-state index in [-0.39, 0.29) is 0 Å². The Bertz CT molecular complexity index is 281. The fraction of sp³-hybridized carbons (Fsp3) is 0.400. The molecule has 68 valence electrons. The van der Waals surface area contributed by atoms with Gasteiger partial charge in [0.15, 0.2) is 0 Å². The van der Waals surface area contributed by atoms with Crippen molar-refractivity contribution in [2.24, 2.45) is 0 Å². The third-order valence-electron chi connectivity index (χ3n) is 2.17. The zero-order chi connectivity index (χ0) is 8.93. The highest BCUT2D eigenvalue weighted by Gasteiger charge is 2.09. The van der Waals surface area contributed by atoms with Gasteiger partial charge in [-0.3, -0.25) is 0 Å². The summed E-state index contributed by atoms with van der Waals surface area (Å²) in [6.45, 7) is 0. The van der Waals surface area contributed by atoms with Crippen LogP contribution in [0, 0.1) is 0 Å². The minimum atomic E-state index is 0.507. The van der Waals surface area contributed by atoms with Crippen LogP contribution in [0.4, 0.5) is 5.95 Å². The first-order valence-electron chi connectivity index (χ1n) is 4.64. The number of nitrogens with one attached hydrogen (secondary N) is 1. The molecule has 0 aromatic carbocycles. The summed E-state index contributed by atoms with van der Waals surface area (Å²) in [5.74, 6) is 0.739. The third-order valence-corrected chi connectivity index (χ3v) is 2.17. The lowest BCUT2D eigenvalue weighted by atomic mass is 10.0. The van der Waals surface area contributed by atoms with Gasteiger partial charge in [-0.1, -0.05) is 12.2 Å². The number of nitrogens with zero attached hydrogens (tertiary/aromatic N) is 2. The fourth-order valence-corrected chi connectivity index (χ4v) is 1.48. The van der Waals surface area contributed by atoms with E-state index in [4.69, 9.17) is 0 Å². The third kappa shape index (κ3) is 2.28. The number of hydrogen-bond acceptors (Lipinski definition) is 3. The van der Waals surface area contributed by atoms with E-state index in [1.54, 1.807) is 12.4 Å². The van der Waals surface area contributed by atoms with Gasteiger partial charge in [0.05, 0.1) is 0 Å². The molecule has 1 aliphatic carbocycles. The van der Waals surface area contributed by atoms with E-state index in [0.29, 0.717) is 6.04 Å². The van der Waals surface area contributed by atoms with Crippen molar-refractivity contribution in [1.82, 2.24) is 9.97 Å². The highest BCUT2D eigenvalue weighted by Crippen LogP contribution is 2.13. The maximum absolute atomic E-state index is 4.13. The van der Waals surface area contributed by atoms with Crippen LogP contribution >= 0.6 is 0 Å². The van der Waals surface area contributed by atoms with E-state index in [0.717, 1.165) is 18.8 Å². The molecule has 0 spiro atoms. The molecule has 0 saturated carbocycles. The molecule has 1 heterocycles. The van der Waals surface area contributed by atoms with Crippen LogP contribution in [0.25, 0.3) is 0 Å². The van der Waals surface area contributed by atoms with E-state index in [2.05, 4.69) is 27.4 Å². The summed E-state index contributed by atoms with van der Waals surface area (Å²) in [6.07, 6.45) is 11.4. The van der Waals surface area contributed by atoms with Crippen molar-refractivity contribution < 1.29 is 0 Å². The normalized spacial score (nSPS) is 21.4. The number of rotatable bonds is 2. The van der Waals surface area contributed by atoms with Crippen LogP contribution in [0.5, 0.6) is 0 Å². The van der Waals surface area contributed by atoms with Crippen molar-refractivity contribution in [3.8, 4) is 0 Å². The second-order valence-electron chi connectivity index (χ2n) is 3.20. The first-order valence-corrected chi connectivity index (χ1v) is 4.64. The summed E-state index contributed by atoms with van der Waals surface area (Å²) in [6, 6.07) is 2.33. The van der Waals surface area contributed by atoms with Gasteiger partial charge in [-0.05, 0) is 25.3 Å². The average Bonchev–Trinajstić information content (AvgIpc) is 2.21. The maximum Gasteiger partial charge on any atom is 0.222 e. The highest BCUT2D eigenvalue weighted by molar-refractivity contribution is 5.25. The van der Waals surface area contributed by atoms with Gasteiger partial charge in [0, 0.05) is 18.4 Å².